The number of carbonyl (C=O) groups is 2. The summed E-state index contributed by atoms with van der Waals surface area (Å²) in [6.45, 7) is 4.71. The van der Waals surface area contributed by atoms with Crippen LogP contribution in [0.1, 0.15) is 24.2 Å². The first-order chi connectivity index (χ1) is 9.88. The molecule has 0 aliphatic carbocycles. The summed E-state index contributed by atoms with van der Waals surface area (Å²) < 4.78 is 5.64. The number of nitrogens with zero attached hydrogens (tertiary/aromatic N) is 1. The average Bonchev–Trinajstić information content (AvgIpc) is 2.38. The Bertz CT molecular complexity index is 522. The van der Waals surface area contributed by atoms with Crippen LogP contribution in [0.2, 0.25) is 0 Å². The number of carbonyl (C=O) groups excluding carboxylic acids is 1. The van der Waals surface area contributed by atoms with Crippen LogP contribution >= 0.6 is 15.9 Å². The molecule has 0 spiro atoms. The Morgan fingerprint density at radius 1 is 1.43 bits per heavy atom. The van der Waals surface area contributed by atoms with Gasteiger partial charge in [-0.05, 0) is 32.0 Å². The van der Waals surface area contributed by atoms with Crippen molar-refractivity contribution in [3.63, 3.8) is 0 Å². The smallest absolute Gasteiger partial charge is 0.335 e. The van der Waals surface area contributed by atoms with Gasteiger partial charge in [0.1, 0.15) is 0 Å². The number of benzene rings is 1. The van der Waals surface area contributed by atoms with E-state index >= 15 is 0 Å². The lowest BCUT2D eigenvalue weighted by molar-refractivity contribution is 0.0696. The van der Waals surface area contributed by atoms with E-state index in [9.17, 15) is 9.59 Å². The quantitative estimate of drug-likeness (QED) is 0.818. The molecule has 1 atom stereocenters. The van der Waals surface area contributed by atoms with Gasteiger partial charge in [0, 0.05) is 23.8 Å². The van der Waals surface area contributed by atoms with Gasteiger partial charge in [-0.3, -0.25) is 0 Å². The van der Waals surface area contributed by atoms with Crippen LogP contribution in [0.3, 0.4) is 0 Å². The van der Waals surface area contributed by atoms with Crippen LogP contribution in [0.5, 0.6) is 0 Å². The van der Waals surface area contributed by atoms with Crippen LogP contribution in [-0.4, -0.2) is 48.3 Å². The maximum absolute atomic E-state index is 12.2. The zero-order valence-electron chi connectivity index (χ0n) is 12.2. The molecule has 6 nitrogen and oxygen atoms in total. The first-order valence-corrected chi connectivity index (χ1v) is 7.28. The third-order valence-corrected chi connectivity index (χ3v) is 3.40. The summed E-state index contributed by atoms with van der Waals surface area (Å²) in [5.41, 5.74) is 0.530. The SMILES string of the molecule is CCN(C(=O)Nc1cc(Br)cc(C(=O)O)c1)C(C)COC. The van der Waals surface area contributed by atoms with Crippen LogP contribution in [0.4, 0.5) is 10.5 Å². The molecule has 1 aromatic carbocycles. The Kier molecular flexibility index (Phi) is 6.64. The van der Waals surface area contributed by atoms with Gasteiger partial charge >= 0.3 is 12.0 Å². The average molecular weight is 359 g/mol. The lowest BCUT2D eigenvalue weighted by Gasteiger charge is -2.27. The molecule has 0 saturated carbocycles. The van der Waals surface area contributed by atoms with Crippen LogP contribution in [0, 0.1) is 0 Å². The molecule has 0 bridgehead atoms. The summed E-state index contributed by atoms with van der Waals surface area (Å²) in [4.78, 5) is 24.9. The molecule has 0 aliphatic rings. The van der Waals surface area contributed by atoms with E-state index in [0.29, 0.717) is 23.3 Å². The number of rotatable bonds is 6. The van der Waals surface area contributed by atoms with E-state index in [1.807, 2.05) is 13.8 Å². The Morgan fingerprint density at radius 3 is 2.62 bits per heavy atom. The molecule has 0 saturated heterocycles. The highest BCUT2D eigenvalue weighted by Crippen LogP contribution is 2.20. The molecule has 7 heteroatoms. The number of methoxy groups -OCH3 is 1. The molecule has 2 N–H and O–H groups in total. The molecule has 1 aromatic rings. The molecule has 1 rings (SSSR count). The summed E-state index contributed by atoms with van der Waals surface area (Å²) in [5, 5.41) is 11.7. The van der Waals surface area contributed by atoms with Crippen molar-refractivity contribution in [2.45, 2.75) is 19.9 Å². The van der Waals surface area contributed by atoms with Crippen molar-refractivity contribution in [3.05, 3.63) is 28.2 Å². The lowest BCUT2D eigenvalue weighted by Crippen LogP contribution is -2.43. The van der Waals surface area contributed by atoms with Gasteiger partial charge in [0.2, 0.25) is 0 Å². The number of carboxylic acid groups (broad SMARTS) is 1. The van der Waals surface area contributed by atoms with Crippen LogP contribution in [0.15, 0.2) is 22.7 Å². The fraction of sp³-hybridized carbons (Fsp3) is 0.429. The molecule has 0 aliphatic heterocycles. The van der Waals surface area contributed by atoms with Gasteiger partial charge in [0.05, 0.1) is 18.2 Å². The predicted octanol–water partition coefficient (Wildman–Crippen LogP) is 3.04. The molecule has 0 radical (unpaired) electrons. The minimum Gasteiger partial charge on any atom is -0.478 e. The third kappa shape index (κ3) is 5.02. The first-order valence-electron chi connectivity index (χ1n) is 6.49. The monoisotopic (exact) mass is 358 g/mol. The number of aromatic carboxylic acids is 1. The second-order valence-corrected chi connectivity index (χ2v) is 5.47. The summed E-state index contributed by atoms with van der Waals surface area (Å²) in [7, 11) is 1.58. The summed E-state index contributed by atoms with van der Waals surface area (Å²) >= 11 is 3.23. The van der Waals surface area contributed by atoms with Crippen molar-refractivity contribution in [2.24, 2.45) is 0 Å². The topological polar surface area (TPSA) is 78.9 Å². The maximum Gasteiger partial charge on any atom is 0.335 e. The van der Waals surface area contributed by atoms with Crippen LogP contribution < -0.4 is 5.32 Å². The highest BCUT2D eigenvalue weighted by atomic mass is 79.9. The van der Waals surface area contributed by atoms with Gasteiger partial charge in [0.15, 0.2) is 0 Å². The third-order valence-electron chi connectivity index (χ3n) is 2.94. The van der Waals surface area contributed by atoms with Gasteiger partial charge < -0.3 is 20.1 Å². The molecule has 2 amide bonds. The summed E-state index contributed by atoms with van der Waals surface area (Å²) in [5.74, 6) is -1.05. The van der Waals surface area contributed by atoms with E-state index in [0.717, 1.165) is 0 Å². The largest absolute Gasteiger partial charge is 0.478 e. The molecular weight excluding hydrogens is 340 g/mol. The van der Waals surface area contributed by atoms with Gasteiger partial charge in [-0.25, -0.2) is 9.59 Å². The predicted molar refractivity (Wildman–Crippen MR) is 83.8 cm³/mol. The van der Waals surface area contributed by atoms with Crippen molar-refractivity contribution in [3.8, 4) is 0 Å². The minimum atomic E-state index is -1.05. The Hall–Kier alpha value is -1.60. The molecule has 21 heavy (non-hydrogen) atoms. The molecular formula is C14H19BrN2O4. The number of amides is 2. The second kappa shape index (κ2) is 7.99. The van der Waals surface area contributed by atoms with Gasteiger partial charge in [-0.2, -0.15) is 0 Å². The fourth-order valence-electron chi connectivity index (χ4n) is 1.97. The normalized spacial score (nSPS) is 11.8. The standard InChI is InChI=1S/C14H19BrN2O4/c1-4-17(9(2)8-21-3)14(20)16-12-6-10(13(18)19)5-11(15)7-12/h5-7,9H,4,8H2,1-3H3,(H,16,20)(H,18,19). The van der Waals surface area contributed by atoms with Crippen molar-refractivity contribution >= 4 is 33.6 Å². The number of nitrogens with one attached hydrogen (secondary N) is 1. The number of ether oxygens (including phenoxy) is 1. The van der Waals surface area contributed by atoms with Gasteiger partial charge in [-0.15, -0.1) is 0 Å². The van der Waals surface area contributed by atoms with Crippen LogP contribution in [-0.2, 0) is 4.74 Å². The number of anilines is 1. The fourth-order valence-corrected chi connectivity index (χ4v) is 2.46. The Balaban J connectivity index is 2.88. The molecule has 0 aromatic heterocycles. The second-order valence-electron chi connectivity index (χ2n) is 4.55. The van der Waals surface area contributed by atoms with Crippen molar-refractivity contribution in [2.75, 3.05) is 25.6 Å². The molecule has 0 fully saturated rings. The first kappa shape index (κ1) is 17.5. The zero-order chi connectivity index (χ0) is 16.0. The number of carboxylic acids is 1. The molecule has 116 valence electrons. The number of urea groups is 1. The highest BCUT2D eigenvalue weighted by molar-refractivity contribution is 9.10. The number of hydrogen-bond acceptors (Lipinski definition) is 3. The minimum absolute atomic E-state index is 0.0777. The van der Waals surface area contributed by atoms with E-state index < -0.39 is 5.97 Å². The lowest BCUT2D eigenvalue weighted by atomic mass is 10.2. The number of halogens is 1. The summed E-state index contributed by atoms with van der Waals surface area (Å²) in [6, 6.07) is 4.17. The van der Waals surface area contributed by atoms with Crippen molar-refractivity contribution in [1.82, 2.24) is 4.90 Å². The van der Waals surface area contributed by atoms with E-state index in [-0.39, 0.29) is 17.6 Å². The van der Waals surface area contributed by atoms with E-state index in [2.05, 4.69) is 21.2 Å². The highest BCUT2D eigenvalue weighted by Gasteiger charge is 2.19. The van der Waals surface area contributed by atoms with E-state index in [4.69, 9.17) is 9.84 Å². The Labute approximate surface area is 132 Å². The molecule has 0 heterocycles. The molecule has 1 unspecified atom stereocenters. The van der Waals surface area contributed by atoms with Crippen LogP contribution in [0.25, 0.3) is 0 Å². The maximum atomic E-state index is 12.2. The summed E-state index contributed by atoms with van der Waals surface area (Å²) in [6.07, 6.45) is 0. The number of likely N-dealkylation sites (N-methyl/N-ethyl adjacent to an activating group) is 1. The van der Waals surface area contributed by atoms with Gasteiger partial charge in [0.25, 0.3) is 0 Å². The van der Waals surface area contributed by atoms with Crippen molar-refractivity contribution < 1.29 is 19.4 Å². The van der Waals surface area contributed by atoms with E-state index in [1.54, 1.807) is 18.1 Å². The van der Waals surface area contributed by atoms with E-state index in [1.165, 1.54) is 12.1 Å². The number of hydrogen-bond donors (Lipinski definition) is 2. The van der Waals surface area contributed by atoms with Gasteiger partial charge in [-0.1, -0.05) is 15.9 Å². The van der Waals surface area contributed by atoms with Crippen molar-refractivity contribution in [1.29, 1.82) is 0 Å². The Morgan fingerprint density at radius 2 is 2.10 bits per heavy atom. The zero-order valence-corrected chi connectivity index (χ0v) is 13.8.